The van der Waals surface area contributed by atoms with Crippen LogP contribution in [-0.4, -0.2) is 19.2 Å². The fourth-order valence-electron chi connectivity index (χ4n) is 3.32. The van der Waals surface area contributed by atoms with Crippen molar-refractivity contribution in [3.8, 4) is 11.4 Å². The third kappa shape index (κ3) is 3.18. The summed E-state index contributed by atoms with van der Waals surface area (Å²) in [6.07, 6.45) is 1.01. The van der Waals surface area contributed by atoms with Crippen LogP contribution in [-0.2, 0) is 24.0 Å². The molecule has 1 atom stereocenters. The van der Waals surface area contributed by atoms with Crippen molar-refractivity contribution in [1.29, 1.82) is 0 Å². The molecule has 2 heterocycles. The number of rotatable bonds is 3. The van der Waals surface area contributed by atoms with Gasteiger partial charge in [0.05, 0.1) is 0 Å². The van der Waals surface area contributed by atoms with Gasteiger partial charge in [0.15, 0.2) is 0 Å². The van der Waals surface area contributed by atoms with Crippen LogP contribution < -0.4 is 0 Å². The Bertz CT molecular complexity index is 979. The van der Waals surface area contributed by atoms with E-state index in [1.54, 1.807) is 0 Å². The average Bonchev–Trinajstić information content (AvgIpc) is 3.19. The van der Waals surface area contributed by atoms with Gasteiger partial charge < -0.3 is 5.11 Å². The Hall–Kier alpha value is -0.724. The molecular weight excluding hydrogens is 587 g/mol. The molecule has 4 rings (SSSR count). The molecule has 1 N–H and O–H groups in total. The smallest absolute Gasteiger partial charge is 0.146 e. The Morgan fingerprint density at radius 1 is 1.04 bits per heavy atom. The Labute approximate surface area is 190 Å². The first-order chi connectivity index (χ1) is 11.3. The molecule has 1 unspecified atom stereocenters. The molecule has 0 saturated carbocycles. The number of aromatic hydroxyl groups is 1. The number of aromatic nitrogens is 3. The van der Waals surface area contributed by atoms with Crippen molar-refractivity contribution in [3.05, 3.63) is 47.5 Å². The zero-order chi connectivity index (χ0) is 17.2. The molecule has 4 aromatic rings. The van der Waals surface area contributed by atoms with Crippen LogP contribution >= 0.6 is 0 Å². The second-order valence-corrected chi connectivity index (χ2v) is 7.85. The van der Waals surface area contributed by atoms with Gasteiger partial charge in [0.25, 0.3) is 0 Å². The van der Waals surface area contributed by atoms with E-state index in [1.807, 2.05) is 12.1 Å². The van der Waals surface area contributed by atoms with Gasteiger partial charge in [-0.2, -0.15) is 0 Å². The number of hydrogen-bond acceptors (Lipinski definition) is 1. The molecule has 2 aromatic carbocycles. The number of nitrogens with zero attached hydrogens (tertiary/aromatic N) is 3. The molecule has 2 aromatic heterocycles. The first-order valence-corrected chi connectivity index (χ1v) is 8.71. The topological polar surface area (TPSA) is 34.0 Å². The standard InChI is InChI=1S/C20H25N3O.U.V/c1-6-13(2)15-11-14(20(3,4)5)12-18(19(15)24)23-21-16-9-7-8-10-17(16)22(21)23;;/h7-13,24H,6H2,1-5H3;;. The van der Waals surface area contributed by atoms with Crippen LogP contribution in [0.1, 0.15) is 58.1 Å². The number of phenolic OH excluding ortho intramolecular Hbond substituents is 1. The first kappa shape index (κ1) is 21.6. The van der Waals surface area contributed by atoms with Crippen molar-refractivity contribution >= 4 is 11.0 Å². The van der Waals surface area contributed by atoms with Crippen LogP contribution in [0.2, 0.25) is 0 Å². The summed E-state index contributed by atoms with van der Waals surface area (Å²) in [7, 11) is 0. The van der Waals surface area contributed by atoms with Gasteiger partial charge in [-0.25, -0.2) is 0 Å². The Morgan fingerprint density at radius 2 is 1.58 bits per heavy atom. The second kappa shape index (κ2) is 7.36. The predicted octanol–water partition coefficient (Wildman–Crippen LogP) is 4.93. The average molecular weight is 612 g/mol. The number of fused-ring (bicyclic) bond motifs is 4. The van der Waals surface area contributed by atoms with Crippen molar-refractivity contribution in [1.82, 2.24) is 14.1 Å². The number of para-hydroxylation sites is 2. The van der Waals surface area contributed by atoms with Crippen LogP contribution in [0, 0.1) is 31.1 Å². The summed E-state index contributed by atoms with van der Waals surface area (Å²) in [6, 6.07) is 12.6. The van der Waals surface area contributed by atoms with E-state index in [9.17, 15) is 5.11 Å². The molecule has 1 radical (unpaired) electrons. The minimum Gasteiger partial charge on any atom is -0.505 e. The van der Waals surface area contributed by atoms with Crippen LogP contribution in [0.5, 0.6) is 5.75 Å². The first-order valence-electron chi connectivity index (χ1n) is 8.71. The molecule has 0 aliphatic carbocycles. The molecular formula is C20H25N3OUV. The van der Waals surface area contributed by atoms with Crippen molar-refractivity contribution in [2.75, 3.05) is 0 Å². The molecule has 0 bridgehead atoms. The zero-order valence-electron chi connectivity index (χ0n) is 16.0. The van der Waals surface area contributed by atoms with Crippen LogP contribution in [0.3, 0.4) is 0 Å². The Kier molecular flexibility index (Phi) is 6.11. The third-order valence-corrected chi connectivity index (χ3v) is 5.16. The maximum absolute atomic E-state index is 10.9. The molecule has 0 aliphatic rings. The van der Waals surface area contributed by atoms with Crippen LogP contribution in [0.25, 0.3) is 16.7 Å². The summed E-state index contributed by atoms with van der Waals surface area (Å²) in [5.74, 6) is 0.730. The maximum atomic E-state index is 10.9. The molecule has 0 spiro atoms. The van der Waals surface area contributed by atoms with Crippen LogP contribution in [0.4, 0.5) is 0 Å². The third-order valence-electron chi connectivity index (χ3n) is 5.16. The van der Waals surface area contributed by atoms with E-state index in [2.05, 4.69) is 72.9 Å². The Morgan fingerprint density at radius 3 is 2.04 bits per heavy atom. The van der Waals surface area contributed by atoms with Gasteiger partial charge in [0.2, 0.25) is 0 Å². The van der Waals surface area contributed by atoms with E-state index in [-0.39, 0.29) is 55.1 Å². The van der Waals surface area contributed by atoms with Gasteiger partial charge >= 0.3 is 0 Å². The van der Waals surface area contributed by atoms with Gasteiger partial charge in [-0.3, -0.25) is 0 Å². The number of phenols is 1. The molecule has 0 aliphatic heterocycles. The van der Waals surface area contributed by atoms with E-state index in [0.717, 1.165) is 17.7 Å². The quantitative estimate of drug-likeness (QED) is 0.350. The molecule has 0 fully saturated rings. The van der Waals surface area contributed by atoms with Crippen LogP contribution in [0.15, 0.2) is 36.4 Å². The largest absolute Gasteiger partial charge is 0.505 e. The molecule has 135 valence electrons. The summed E-state index contributed by atoms with van der Waals surface area (Å²) in [5, 5.41) is 10.9. The molecule has 0 saturated heterocycles. The summed E-state index contributed by atoms with van der Waals surface area (Å²) in [5.41, 5.74) is 5.57. The summed E-state index contributed by atoms with van der Waals surface area (Å²) < 4.78 is 4.19. The van der Waals surface area contributed by atoms with Gasteiger partial charge in [-0.05, 0) is 47.1 Å². The van der Waals surface area contributed by atoms with Gasteiger partial charge in [0.1, 0.15) is 22.5 Å². The predicted molar refractivity (Wildman–Crippen MR) is 97.9 cm³/mol. The van der Waals surface area contributed by atoms with E-state index in [1.165, 1.54) is 16.6 Å². The molecule has 6 heteroatoms. The number of hydrogen-bond donors (Lipinski definition) is 1. The van der Waals surface area contributed by atoms with E-state index < -0.39 is 0 Å². The molecule has 4 nitrogen and oxygen atoms in total. The van der Waals surface area contributed by atoms with Gasteiger partial charge in [0, 0.05) is 49.7 Å². The number of benzene rings is 2. The van der Waals surface area contributed by atoms with E-state index >= 15 is 0 Å². The van der Waals surface area contributed by atoms with E-state index in [0.29, 0.717) is 11.7 Å². The van der Waals surface area contributed by atoms with Crippen molar-refractivity contribution in [2.24, 2.45) is 0 Å². The molecule has 26 heavy (non-hydrogen) atoms. The van der Waals surface area contributed by atoms with Crippen molar-refractivity contribution < 1.29 is 54.8 Å². The normalized spacial score (nSPS) is 13.1. The second-order valence-electron chi connectivity index (χ2n) is 7.85. The minimum atomic E-state index is 0. The zero-order valence-corrected chi connectivity index (χ0v) is 21.5. The van der Waals surface area contributed by atoms with E-state index in [4.69, 9.17) is 0 Å². The van der Waals surface area contributed by atoms with Crippen molar-refractivity contribution in [3.63, 3.8) is 0 Å². The SMILES string of the molecule is CCC(C)c1cc(C(C)(C)C)cc(-n2n3c4ccccc4n23)c1O.[U].[V]. The Balaban J connectivity index is 0.00000121. The minimum absolute atomic E-state index is 0. The summed E-state index contributed by atoms with van der Waals surface area (Å²) >= 11 is 0. The summed E-state index contributed by atoms with van der Waals surface area (Å²) in [4.78, 5) is 2.06. The fourth-order valence-corrected chi connectivity index (χ4v) is 3.32. The fraction of sp³-hybridized carbons (Fsp3) is 0.400. The molecule has 0 amide bonds. The van der Waals surface area contributed by atoms with Crippen molar-refractivity contribution in [2.45, 2.75) is 52.4 Å². The monoisotopic (exact) mass is 612 g/mol. The van der Waals surface area contributed by atoms with Gasteiger partial charge in [-0.15, -0.1) is 14.1 Å². The maximum Gasteiger partial charge on any atom is 0.146 e. The van der Waals surface area contributed by atoms with Gasteiger partial charge in [-0.1, -0.05) is 52.8 Å². The summed E-state index contributed by atoms with van der Waals surface area (Å²) in [6.45, 7) is 11.0.